The highest BCUT2D eigenvalue weighted by molar-refractivity contribution is 5.27. The molecule has 0 aliphatic rings. The van der Waals surface area contributed by atoms with Gasteiger partial charge in [0.25, 0.3) is 0 Å². The summed E-state index contributed by atoms with van der Waals surface area (Å²) in [6.45, 7) is 6.24. The van der Waals surface area contributed by atoms with Crippen LogP contribution in [0.3, 0.4) is 0 Å². The Labute approximate surface area is 95.9 Å². The van der Waals surface area contributed by atoms with Crippen LogP contribution in [0.2, 0.25) is 0 Å². The average Bonchev–Trinajstić information content (AvgIpc) is 2.31. The summed E-state index contributed by atoms with van der Waals surface area (Å²) < 4.78 is 0. The third-order valence-electron chi connectivity index (χ3n) is 2.69. The van der Waals surface area contributed by atoms with Crippen molar-refractivity contribution in [1.29, 1.82) is 0 Å². The fourth-order valence-corrected chi connectivity index (χ4v) is 1.92. The molecule has 0 aromatic heterocycles. The molecular formula is C16H16. The maximum Gasteiger partial charge on any atom is -0.0109 e. The molecule has 80 valence electrons. The lowest BCUT2D eigenvalue weighted by atomic mass is 10.1. The summed E-state index contributed by atoms with van der Waals surface area (Å²) in [5.74, 6) is 0. The molecule has 0 N–H and O–H groups in total. The number of rotatable bonds is 1. The van der Waals surface area contributed by atoms with Crippen LogP contribution in [-0.2, 0) is 0 Å². The molecule has 0 aliphatic carbocycles. The largest absolute Gasteiger partial charge is 0.0911 e. The summed E-state index contributed by atoms with van der Waals surface area (Å²) in [7, 11) is 0. The van der Waals surface area contributed by atoms with E-state index in [9.17, 15) is 0 Å². The maximum absolute atomic E-state index is 4.08. The second-order valence-corrected chi connectivity index (χ2v) is 3.86. The van der Waals surface area contributed by atoms with Crippen LogP contribution in [0.15, 0.2) is 48.5 Å². The molecule has 0 aliphatic heterocycles. The number of hydrogen-bond donors (Lipinski definition) is 0. The minimum Gasteiger partial charge on any atom is -0.0911 e. The molecule has 0 fully saturated rings. The van der Waals surface area contributed by atoms with E-state index >= 15 is 0 Å². The van der Waals surface area contributed by atoms with Crippen molar-refractivity contribution in [2.45, 2.75) is 13.3 Å². The highest BCUT2D eigenvalue weighted by Crippen LogP contribution is 1.89. The van der Waals surface area contributed by atoms with Gasteiger partial charge >= 0.3 is 0 Å². The second-order valence-electron chi connectivity index (χ2n) is 3.86. The van der Waals surface area contributed by atoms with E-state index in [2.05, 4.69) is 62.0 Å². The normalized spacial score (nSPS) is 13.9. The van der Waals surface area contributed by atoms with Crippen molar-refractivity contribution >= 4 is 12.7 Å². The summed E-state index contributed by atoms with van der Waals surface area (Å²) in [6.07, 6.45) is 3.30. The molecule has 0 unspecified atom stereocenters. The molecule has 2 aromatic rings. The zero-order valence-corrected chi connectivity index (χ0v) is 9.61. The molecule has 2 rings (SSSR count). The van der Waals surface area contributed by atoms with Gasteiger partial charge < -0.3 is 0 Å². The molecule has 0 bridgehead atoms. The molecule has 16 heavy (non-hydrogen) atoms. The molecule has 0 heterocycles. The first kappa shape index (κ1) is 10.7. The fraction of sp³-hybridized carbons (Fsp3) is 0.125. The first-order valence-electron chi connectivity index (χ1n) is 5.66. The molecule has 0 saturated heterocycles. The van der Waals surface area contributed by atoms with Crippen molar-refractivity contribution in [3.63, 3.8) is 0 Å². The van der Waals surface area contributed by atoms with Crippen molar-refractivity contribution in [2.75, 3.05) is 0 Å². The molecule has 0 heteroatoms. The lowest BCUT2D eigenvalue weighted by molar-refractivity contribution is 1.27. The molecule has 0 nitrogen and oxygen atoms in total. The van der Waals surface area contributed by atoms with Crippen LogP contribution in [0.25, 0.3) is 12.7 Å². The Morgan fingerprint density at radius 3 is 2.25 bits per heavy atom. The zero-order valence-electron chi connectivity index (χ0n) is 9.61. The first-order valence-corrected chi connectivity index (χ1v) is 5.66. The van der Waals surface area contributed by atoms with Gasteiger partial charge in [-0.05, 0) is 27.3 Å². The lowest BCUT2D eigenvalue weighted by Crippen LogP contribution is -2.07. The summed E-state index contributed by atoms with van der Waals surface area (Å²) in [5.41, 5.74) is 0. The van der Waals surface area contributed by atoms with Gasteiger partial charge in [-0.1, -0.05) is 68.1 Å². The minimum atomic E-state index is 1.05. The summed E-state index contributed by atoms with van der Waals surface area (Å²) in [6, 6.07) is 16.7. The topological polar surface area (TPSA) is 0 Å². The van der Waals surface area contributed by atoms with E-state index < -0.39 is 0 Å². The van der Waals surface area contributed by atoms with E-state index in [0.717, 1.165) is 11.6 Å². The van der Waals surface area contributed by atoms with Gasteiger partial charge in [-0.15, -0.1) is 0 Å². The van der Waals surface area contributed by atoms with Gasteiger partial charge in [0.2, 0.25) is 0 Å². The van der Waals surface area contributed by atoms with E-state index in [1.807, 2.05) is 6.07 Å². The molecule has 0 saturated carbocycles. The Kier molecular flexibility index (Phi) is 3.21. The van der Waals surface area contributed by atoms with Gasteiger partial charge in [0.15, 0.2) is 0 Å². The Morgan fingerprint density at radius 2 is 1.56 bits per heavy atom. The van der Waals surface area contributed by atoms with E-state index in [4.69, 9.17) is 0 Å². The van der Waals surface area contributed by atoms with Crippen molar-refractivity contribution in [3.05, 3.63) is 69.4 Å². The predicted octanol–water partition coefficient (Wildman–Crippen LogP) is 2.57. The highest BCUT2D eigenvalue weighted by atomic mass is 13.9. The van der Waals surface area contributed by atoms with Crippen molar-refractivity contribution in [3.8, 4) is 0 Å². The van der Waals surface area contributed by atoms with Gasteiger partial charge in [-0.25, -0.2) is 0 Å². The SMILES string of the molecule is C=c1cccc/c1=c1\cccc\c1=C\CC. The first-order chi connectivity index (χ1) is 7.83. The van der Waals surface area contributed by atoms with Crippen LogP contribution in [0.5, 0.6) is 0 Å². The Morgan fingerprint density at radius 1 is 0.938 bits per heavy atom. The Balaban J connectivity index is 3.05. The summed E-state index contributed by atoms with van der Waals surface area (Å²) in [4.78, 5) is 0. The van der Waals surface area contributed by atoms with Crippen LogP contribution in [0, 0.1) is 10.4 Å². The molecule has 0 amide bonds. The van der Waals surface area contributed by atoms with Crippen LogP contribution in [0.1, 0.15) is 13.3 Å². The lowest BCUT2D eigenvalue weighted by Gasteiger charge is -1.93. The third-order valence-corrected chi connectivity index (χ3v) is 2.69. The maximum atomic E-state index is 4.08. The standard InChI is InChI=1S/C16H16/c1-3-8-14-10-5-7-12-16(14)15-11-6-4-9-13(15)2/h4-12H,2-3H2,1H3/b14-8-,16-15-. The van der Waals surface area contributed by atoms with Crippen LogP contribution >= 0.6 is 0 Å². The van der Waals surface area contributed by atoms with Gasteiger partial charge in [-0.2, -0.15) is 0 Å². The molecule has 0 radical (unpaired) electrons. The zero-order chi connectivity index (χ0) is 11.4. The van der Waals surface area contributed by atoms with E-state index in [0.29, 0.717) is 0 Å². The molecule has 2 aromatic carbocycles. The van der Waals surface area contributed by atoms with Crippen LogP contribution in [0.4, 0.5) is 0 Å². The molecule has 0 spiro atoms. The smallest absolute Gasteiger partial charge is 0.0109 e. The average molecular weight is 208 g/mol. The Hall–Kier alpha value is -1.82. The quantitative estimate of drug-likeness (QED) is 0.675. The van der Waals surface area contributed by atoms with Gasteiger partial charge in [-0.3, -0.25) is 0 Å². The van der Waals surface area contributed by atoms with Crippen molar-refractivity contribution in [1.82, 2.24) is 0 Å². The van der Waals surface area contributed by atoms with Gasteiger partial charge in [0.1, 0.15) is 0 Å². The monoisotopic (exact) mass is 208 g/mol. The number of benzene rings is 2. The van der Waals surface area contributed by atoms with Crippen LogP contribution in [-0.4, -0.2) is 0 Å². The predicted molar refractivity (Wildman–Crippen MR) is 70.1 cm³/mol. The molecular weight excluding hydrogens is 192 g/mol. The van der Waals surface area contributed by atoms with Crippen molar-refractivity contribution < 1.29 is 0 Å². The third kappa shape index (κ3) is 2.06. The summed E-state index contributed by atoms with van der Waals surface area (Å²) >= 11 is 0. The number of hydrogen-bond acceptors (Lipinski definition) is 0. The van der Waals surface area contributed by atoms with Gasteiger partial charge in [0, 0.05) is 0 Å². The summed E-state index contributed by atoms with van der Waals surface area (Å²) in [5, 5.41) is 4.87. The van der Waals surface area contributed by atoms with E-state index in [1.165, 1.54) is 15.7 Å². The van der Waals surface area contributed by atoms with E-state index in [-0.39, 0.29) is 0 Å². The fourth-order valence-electron chi connectivity index (χ4n) is 1.92. The second kappa shape index (κ2) is 4.80. The minimum absolute atomic E-state index is 1.05. The van der Waals surface area contributed by atoms with Crippen LogP contribution < -0.4 is 10.4 Å². The van der Waals surface area contributed by atoms with Crippen molar-refractivity contribution in [2.24, 2.45) is 0 Å². The highest BCUT2D eigenvalue weighted by Gasteiger charge is 1.87. The molecule has 0 atom stereocenters. The van der Waals surface area contributed by atoms with Gasteiger partial charge in [0.05, 0.1) is 0 Å². The Bertz CT molecular complexity index is 666. The van der Waals surface area contributed by atoms with E-state index in [1.54, 1.807) is 0 Å².